The fourth-order valence-corrected chi connectivity index (χ4v) is 6.16. The Balaban J connectivity index is 1.26. The Morgan fingerprint density at radius 2 is 1.32 bits per heavy atom. The van der Waals surface area contributed by atoms with Gasteiger partial charge in [0.25, 0.3) is 0 Å². The third-order valence-electron chi connectivity index (χ3n) is 6.76. The molecular weight excluding hydrogens is 472 g/mol. The van der Waals surface area contributed by atoms with Gasteiger partial charge in [-0.15, -0.1) is 0 Å². The van der Waals surface area contributed by atoms with E-state index in [0.29, 0.717) is 0 Å². The minimum absolute atomic E-state index is 0.203. The summed E-state index contributed by atoms with van der Waals surface area (Å²) in [5, 5.41) is 9.93. The number of nitrogens with zero attached hydrogens (tertiary/aromatic N) is 2. The van der Waals surface area contributed by atoms with Gasteiger partial charge in [-0.3, -0.25) is 0 Å². The van der Waals surface area contributed by atoms with Gasteiger partial charge in [0, 0.05) is 21.7 Å². The first-order valence-corrected chi connectivity index (χ1v) is 13.3. The highest BCUT2D eigenvalue weighted by Crippen LogP contribution is 2.49. The van der Waals surface area contributed by atoms with E-state index >= 15 is 0 Å². The molecule has 0 aromatic heterocycles. The summed E-state index contributed by atoms with van der Waals surface area (Å²) in [5.41, 5.74) is 5.64. The number of benzene rings is 5. The van der Waals surface area contributed by atoms with Crippen molar-refractivity contribution < 1.29 is 0 Å². The molecule has 0 bridgehead atoms. The lowest BCUT2D eigenvalue weighted by Gasteiger charge is -2.24. The number of amidine groups is 2. The Morgan fingerprint density at radius 3 is 2.08 bits per heavy atom. The Labute approximate surface area is 220 Å². The second kappa shape index (κ2) is 9.26. The molecule has 5 aromatic rings. The largest absolute Gasteiger partial charge is 0.368 e. The van der Waals surface area contributed by atoms with Gasteiger partial charge in [0.1, 0.15) is 17.4 Å². The summed E-state index contributed by atoms with van der Waals surface area (Å²) in [5.74, 6) is 1.57. The summed E-state index contributed by atoms with van der Waals surface area (Å²) in [6, 6.07) is 42.1. The van der Waals surface area contributed by atoms with E-state index in [-0.39, 0.29) is 11.5 Å². The molecule has 37 heavy (non-hydrogen) atoms. The van der Waals surface area contributed by atoms with Gasteiger partial charge in [0.2, 0.25) is 0 Å². The van der Waals surface area contributed by atoms with Crippen LogP contribution in [0.25, 0.3) is 10.8 Å². The van der Waals surface area contributed by atoms with E-state index in [2.05, 4.69) is 95.6 Å². The second-order valence-electron chi connectivity index (χ2n) is 9.17. The number of hydrogen-bond donors (Lipinski definition) is 2. The van der Waals surface area contributed by atoms with Crippen molar-refractivity contribution >= 4 is 39.9 Å². The van der Waals surface area contributed by atoms with E-state index in [1.807, 2.05) is 48.2 Å². The van der Waals surface area contributed by atoms with E-state index < -0.39 is 0 Å². The molecule has 5 aromatic carbocycles. The number of thioether (sulfide) groups is 1. The van der Waals surface area contributed by atoms with Gasteiger partial charge < -0.3 is 10.6 Å². The van der Waals surface area contributed by atoms with Crippen molar-refractivity contribution in [3.8, 4) is 0 Å². The van der Waals surface area contributed by atoms with E-state index in [1.54, 1.807) is 0 Å². The summed E-state index contributed by atoms with van der Waals surface area (Å²) < 4.78 is 0. The quantitative estimate of drug-likeness (QED) is 0.270. The van der Waals surface area contributed by atoms with E-state index in [0.717, 1.165) is 28.4 Å². The van der Waals surface area contributed by atoms with Gasteiger partial charge in [-0.05, 0) is 34.0 Å². The molecule has 0 fully saturated rings. The van der Waals surface area contributed by atoms with Crippen LogP contribution in [0.4, 0.5) is 5.69 Å². The standard InChI is InChI=1S/C32H24N4S/c1-4-10-21(11-5-1)29-34-30(22-12-6-2-7-13-22)36-31(35-29)25-16-18-26-24(20-25)17-19-27-28(26)37-32(33-27)23-14-8-3-9-15-23/h1-20,29,32-33H,(H,34,35,36). The van der Waals surface area contributed by atoms with Gasteiger partial charge in [-0.25, -0.2) is 9.98 Å². The van der Waals surface area contributed by atoms with Crippen molar-refractivity contribution in [2.75, 3.05) is 5.32 Å². The van der Waals surface area contributed by atoms with Crippen LogP contribution >= 0.6 is 11.8 Å². The molecule has 4 nitrogen and oxygen atoms in total. The molecule has 5 heteroatoms. The molecule has 0 saturated heterocycles. The molecule has 0 saturated carbocycles. The number of anilines is 1. The highest BCUT2D eigenvalue weighted by Gasteiger charge is 2.25. The van der Waals surface area contributed by atoms with Crippen LogP contribution in [-0.4, -0.2) is 11.7 Å². The Morgan fingerprint density at radius 1 is 0.622 bits per heavy atom. The molecule has 178 valence electrons. The van der Waals surface area contributed by atoms with E-state index in [9.17, 15) is 0 Å². The normalized spacial score (nSPS) is 18.4. The summed E-state index contributed by atoms with van der Waals surface area (Å²) in [6.07, 6.45) is -0.203. The van der Waals surface area contributed by atoms with Crippen LogP contribution in [-0.2, 0) is 0 Å². The molecule has 0 radical (unpaired) electrons. The zero-order valence-electron chi connectivity index (χ0n) is 20.0. The minimum Gasteiger partial charge on any atom is -0.368 e. The number of nitrogens with one attached hydrogen (secondary N) is 2. The van der Waals surface area contributed by atoms with Gasteiger partial charge in [0.05, 0.1) is 0 Å². The molecule has 2 atom stereocenters. The highest BCUT2D eigenvalue weighted by molar-refractivity contribution is 8.00. The maximum absolute atomic E-state index is 4.97. The number of aliphatic imine (C=N–C) groups is 2. The van der Waals surface area contributed by atoms with Crippen LogP contribution < -0.4 is 10.6 Å². The molecule has 2 aliphatic heterocycles. The molecule has 0 amide bonds. The lowest BCUT2D eigenvalue weighted by molar-refractivity contribution is 0.674. The minimum atomic E-state index is -0.203. The van der Waals surface area contributed by atoms with Gasteiger partial charge in [-0.2, -0.15) is 0 Å². The second-order valence-corrected chi connectivity index (χ2v) is 10.3. The van der Waals surface area contributed by atoms with Crippen LogP contribution in [0.5, 0.6) is 0 Å². The fourth-order valence-electron chi connectivity index (χ4n) is 4.88. The van der Waals surface area contributed by atoms with Crippen molar-refractivity contribution in [1.29, 1.82) is 0 Å². The molecule has 2 unspecified atom stereocenters. The predicted octanol–water partition coefficient (Wildman–Crippen LogP) is 7.55. The van der Waals surface area contributed by atoms with Gasteiger partial charge in [0.15, 0.2) is 5.84 Å². The molecular formula is C32H24N4S. The van der Waals surface area contributed by atoms with Crippen molar-refractivity contribution in [1.82, 2.24) is 5.32 Å². The maximum Gasteiger partial charge on any atom is 0.159 e. The molecule has 2 N–H and O–H groups in total. The first-order chi connectivity index (χ1) is 18.3. The molecule has 2 heterocycles. The van der Waals surface area contributed by atoms with Crippen LogP contribution in [0, 0.1) is 0 Å². The predicted molar refractivity (Wildman–Crippen MR) is 154 cm³/mol. The fraction of sp³-hybridized carbons (Fsp3) is 0.0625. The smallest absolute Gasteiger partial charge is 0.159 e. The average molecular weight is 497 g/mol. The van der Waals surface area contributed by atoms with Crippen LogP contribution in [0.3, 0.4) is 0 Å². The molecule has 0 aliphatic carbocycles. The SMILES string of the molecule is c1ccc(C2=NC(c3ccccc3)NC(c3ccc4c5c(ccc4c3)NC(c3ccccc3)S5)=N2)cc1. The van der Waals surface area contributed by atoms with Crippen LogP contribution in [0.1, 0.15) is 33.8 Å². The Kier molecular flexibility index (Phi) is 5.48. The third kappa shape index (κ3) is 4.17. The summed E-state index contributed by atoms with van der Waals surface area (Å²) in [7, 11) is 0. The van der Waals surface area contributed by atoms with Gasteiger partial charge >= 0.3 is 0 Å². The summed E-state index contributed by atoms with van der Waals surface area (Å²) in [4.78, 5) is 11.2. The summed E-state index contributed by atoms with van der Waals surface area (Å²) >= 11 is 1.88. The zero-order chi connectivity index (χ0) is 24.6. The lowest BCUT2D eigenvalue weighted by atomic mass is 10.0. The molecule has 7 rings (SSSR count). The van der Waals surface area contributed by atoms with E-state index in [1.165, 1.54) is 26.9 Å². The number of fused-ring (bicyclic) bond motifs is 3. The van der Waals surface area contributed by atoms with Crippen molar-refractivity contribution in [3.63, 3.8) is 0 Å². The lowest BCUT2D eigenvalue weighted by Crippen LogP contribution is -2.33. The van der Waals surface area contributed by atoms with Crippen molar-refractivity contribution in [2.24, 2.45) is 9.98 Å². The van der Waals surface area contributed by atoms with Crippen LogP contribution in [0.2, 0.25) is 0 Å². The first kappa shape index (κ1) is 21.9. The Bertz CT molecular complexity index is 1650. The summed E-state index contributed by atoms with van der Waals surface area (Å²) in [6.45, 7) is 0. The van der Waals surface area contributed by atoms with Crippen LogP contribution in [0.15, 0.2) is 136 Å². The zero-order valence-corrected chi connectivity index (χ0v) is 20.8. The third-order valence-corrected chi connectivity index (χ3v) is 8.06. The Hall–Kier alpha value is -4.35. The first-order valence-electron chi connectivity index (χ1n) is 12.4. The monoisotopic (exact) mass is 496 g/mol. The van der Waals surface area contributed by atoms with Crippen molar-refractivity contribution in [2.45, 2.75) is 16.4 Å². The number of rotatable bonds is 4. The van der Waals surface area contributed by atoms with E-state index in [4.69, 9.17) is 9.98 Å². The average Bonchev–Trinajstić information content (AvgIpc) is 3.43. The maximum atomic E-state index is 4.97. The molecule has 2 aliphatic rings. The topological polar surface area (TPSA) is 48.8 Å². The van der Waals surface area contributed by atoms with Crippen molar-refractivity contribution in [3.05, 3.63) is 144 Å². The van der Waals surface area contributed by atoms with Gasteiger partial charge in [-0.1, -0.05) is 121 Å². The highest BCUT2D eigenvalue weighted by atomic mass is 32.2. The molecule has 0 spiro atoms. The number of hydrogen-bond acceptors (Lipinski definition) is 5.